The van der Waals surface area contributed by atoms with Crippen LogP contribution in [-0.4, -0.2) is 39.5 Å². The van der Waals surface area contributed by atoms with Gasteiger partial charge >= 0.3 is 6.09 Å². The maximum Gasteiger partial charge on any atom is 0.428 e. The molecule has 1 fully saturated rings. The van der Waals surface area contributed by atoms with Crippen LogP contribution in [0.4, 0.5) is 4.79 Å². The van der Waals surface area contributed by atoms with Crippen molar-refractivity contribution in [2.24, 2.45) is 11.0 Å². The van der Waals surface area contributed by atoms with Gasteiger partial charge in [0.05, 0.1) is 5.69 Å². The molecule has 1 saturated carbocycles. The van der Waals surface area contributed by atoms with E-state index in [9.17, 15) is 9.59 Å². The van der Waals surface area contributed by atoms with Gasteiger partial charge in [-0.15, -0.1) is 0 Å². The average Bonchev–Trinajstić information content (AvgIpc) is 3.17. The standard InChI is InChI=1S/C21H24ClN5O4/c1-12-4-3-9-23-17(12)18-21(30-20(29)26-25-18)7-5-14(6-8-21)10-13(2)24-19(28)15-11-16(22)27-31-15/h3-4,9,11,13-14H,5-8,10H2,1-2H3,(H,24,28)(H,26,29)/t13-,14?,21?/m0/s1. The highest BCUT2D eigenvalue weighted by molar-refractivity contribution is 6.29. The fourth-order valence-electron chi connectivity index (χ4n) is 4.39. The number of ether oxygens (including phenoxy) is 1. The Labute approximate surface area is 184 Å². The van der Waals surface area contributed by atoms with Crippen LogP contribution in [0.3, 0.4) is 0 Å². The van der Waals surface area contributed by atoms with E-state index in [-0.39, 0.29) is 22.9 Å². The van der Waals surface area contributed by atoms with E-state index in [2.05, 4.69) is 26.0 Å². The molecule has 1 aliphatic heterocycles. The van der Waals surface area contributed by atoms with Gasteiger partial charge in [-0.1, -0.05) is 22.8 Å². The molecule has 10 heteroatoms. The normalized spacial score (nSPS) is 24.2. The topological polar surface area (TPSA) is 119 Å². The predicted molar refractivity (Wildman–Crippen MR) is 113 cm³/mol. The first kappa shape index (κ1) is 21.3. The third-order valence-corrected chi connectivity index (χ3v) is 6.07. The van der Waals surface area contributed by atoms with E-state index in [1.165, 1.54) is 6.07 Å². The van der Waals surface area contributed by atoms with Gasteiger partial charge in [0.25, 0.3) is 5.91 Å². The summed E-state index contributed by atoms with van der Waals surface area (Å²) in [6.45, 7) is 3.92. The molecular formula is C21H24ClN5O4. The Kier molecular flexibility index (Phi) is 5.95. The molecule has 2 N–H and O–H groups in total. The number of carbonyl (C=O) groups is 2. The number of aromatic nitrogens is 2. The van der Waals surface area contributed by atoms with Gasteiger partial charge in [-0.25, -0.2) is 10.2 Å². The third kappa shape index (κ3) is 4.56. The zero-order valence-electron chi connectivity index (χ0n) is 17.4. The van der Waals surface area contributed by atoms with Gasteiger partial charge in [-0.3, -0.25) is 9.78 Å². The van der Waals surface area contributed by atoms with E-state index in [4.69, 9.17) is 20.9 Å². The second-order valence-electron chi connectivity index (χ2n) is 8.19. The Morgan fingerprint density at radius 3 is 2.87 bits per heavy atom. The summed E-state index contributed by atoms with van der Waals surface area (Å²) in [4.78, 5) is 28.7. The van der Waals surface area contributed by atoms with Gasteiger partial charge < -0.3 is 14.6 Å². The van der Waals surface area contributed by atoms with Gasteiger partial charge in [0.1, 0.15) is 5.71 Å². The first-order chi connectivity index (χ1) is 14.9. The van der Waals surface area contributed by atoms with Crippen LogP contribution in [0.2, 0.25) is 5.15 Å². The van der Waals surface area contributed by atoms with E-state index in [0.717, 1.165) is 30.5 Å². The number of nitrogens with zero attached hydrogens (tertiary/aromatic N) is 3. The molecule has 1 spiro atoms. The lowest BCUT2D eigenvalue weighted by molar-refractivity contribution is 0.0152. The molecule has 0 radical (unpaired) electrons. The van der Waals surface area contributed by atoms with Gasteiger partial charge in [0, 0.05) is 18.3 Å². The van der Waals surface area contributed by atoms with Crippen molar-refractivity contribution in [1.29, 1.82) is 0 Å². The van der Waals surface area contributed by atoms with E-state index in [1.54, 1.807) is 6.20 Å². The summed E-state index contributed by atoms with van der Waals surface area (Å²) in [5.41, 5.74) is 4.05. The first-order valence-corrected chi connectivity index (χ1v) is 10.7. The Morgan fingerprint density at radius 1 is 1.42 bits per heavy atom. The Balaban J connectivity index is 1.40. The molecule has 9 nitrogen and oxygen atoms in total. The molecule has 3 heterocycles. The van der Waals surface area contributed by atoms with Crippen molar-refractivity contribution in [3.63, 3.8) is 0 Å². The largest absolute Gasteiger partial charge is 0.435 e. The van der Waals surface area contributed by atoms with E-state index in [0.29, 0.717) is 24.5 Å². The molecule has 2 aliphatic rings. The molecule has 2 amide bonds. The second kappa shape index (κ2) is 8.66. The molecule has 4 rings (SSSR count). The molecule has 2 aromatic rings. The van der Waals surface area contributed by atoms with E-state index in [1.807, 2.05) is 26.0 Å². The number of aryl methyl sites for hydroxylation is 1. The monoisotopic (exact) mass is 445 g/mol. The van der Waals surface area contributed by atoms with Crippen molar-refractivity contribution < 1.29 is 18.8 Å². The fourth-order valence-corrected chi connectivity index (χ4v) is 4.52. The summed E-state index contributed by atoms with van der Waals surface area (Å²) in [5, 5.41) is 10.9. The number of pyridine rings is 1. The smallest absolute Gasteiger partial charge is 0.428 e. The van der Waals surface area contributed by atoms with Crippen LogP contribution in [0.25, 0.3) is 0 Å². The third-order valence-electron chi connectivity index (χ3n) is 5.89. The minimum Gasteiger partial charge on any atom is -0.435 e. The number of halogens is 1. The summed E-state index contributed by atoms with van der Waals surface area (Å²) in [5.74, 6) is 0.123. The SMILES string of the molecule is Cc1cccnc1C1=NNC(=O)OC12CCC(C[C@H](C)NC(=O)c1cc(Cl)no1)CC2. The van der Waals surface area contributed by atoms with Crippen LogP contribution in [0.1, 0.15) is 60.8 Å². The number of rotatable bonds is 5. The maximum atomic E-state index is 12.2. The summed E-state index contributed by atoms with van der Waals surface area (Å²) in [6.07, 6.45) is 4.95. The highest BCUT2D eigenvalue weighted by atomic mass is 35.5. The van der Waals surface area contributed by atoms with Crippen LogP contribution in [0.15, 0.2) is 34.0 Å². The Hall–Kier alpha value is -2.94. The van der Waals surface area contributed by atoms with Gasteiger partial charge in [0.2, 0.25) is 5.76 Å². The lowest BCUT2D eigenvalue weighted by atomic mass is 9.73. The molecule has 1 atom stereocenters. The lowest BCUT2D eigenvalue weighted by Gasteiger charge is -2.42. The molecule has 0 aromatic carbocycles. The van der Waals surface area contributed by atoms with Crippen LogP contribution < -0.4 is 10.7 Å². The molecule has 1 aliphatic carbocycles. The van der Waals surface area contributed by atoms with Crippen LogP contribution in [0.5, 0.6) is 0 Å². The molecule has 0 bridgehead atoms. The van der Waals surface area contributed by atoms with Crippen molar-refractivity contribution >= 4 is 29.3 Å². The fraction of sp³-hybridized carbons (Fsp3) is 0.476. The number of hydrogen-bond donors (Lipinski definition) is 2. The van der Waals surface area contributed by atoms with Gasteiger partial charge in [0.15, 0.2) is 10.8 Å². The highest BCUT2D eigenvalue weighted by Gasteiger charge is 2.47. The number of amides is 2. The van der Waals surface area contributed by atoms with E-state index < -0.39 is 11.7 Å². The number of carbonyl (C=O) groups excluding carboxylic acids is 2. The van der Waals surface area contributed by atoms with Crippen molar-refractivity contribution in [2.45, 2.75) is 57.6 Å². The van der Waals surface area contributed by atoms with Crippen molar-refractivity contribution in [3.8, 4) is 0 Å². The summed E-state index contributed by atoms with van der Waals surface area (Å²) in [7, 11) is 0. The maximum absolute atomic E-state index is 12.2. The average molecular weight is 446 g/mol. The molecule has 2 aromatic heterocycles. The molecular weight excluding hydrogens is 422 g/mol. The Bertz CT molecular complexity index is 1010. The van der Waals surface area contributed by atoms with Crippen LogP contribution in [0, 0.1) is 12.8 Å². The van der Waals surface area contributed by atoms with Gasteiger partial charge in [-0.05, 0) is 63.5 Å². The van der Waals surface area contributed by atoms with Crippen molar-refractivity contribution in [3.05, 3.63) is 46.6 Å². The number of hydrogen-bond acceptors (Lipinski definition) is 7. The minimum absolute atomic E-state index is 0.0582. The second-order valence-corrected chi connectivity index (χ2v) is 8.58. The molecule has 0 saturated heterocycles. The van der Waals surface area contributed by atoms with E-state index >= 15 is 0 Å². The molecule has 31 heavy (non-hydrogen) atoms. The van der Waals surface area contributed by atoms with Crippen LogP contribution >= 0.6 is 11.6 Å². The molecule has 164 valence electrons. The van der Waals surface area contributed by atoms with Crippen molar-refractivity contribution in [1.82, 2.24) is 20.9 Å². The van der Waals surface area contributed by atoms with Gasteiger partial charge in [-0.2, -0.15) is 5.10 Å². The lowest BCUT2D eigenvalue weighted by Crippen LogP contribution is -2.53. The number of hydrazone groups is 1. The number of nitrogens with one attached hydrogen (secondary N) is 2. The zero-order valence-corrected chi connectivity index (χ0v) is 18.1. The first-order valence-electron chi connectivity index (χ1n) is 10.3. The quantitative estimate of drug-likeness (QED) is 0.725. The molecule has 0 unspecified atom stereocenters. The summed E-state index contributed by atoms with van der Waals surface area (Å²) >= 11 is 5.70. The summed E-state index contributed by atoms with van der Waals surface area (Å²) in [6, 6.07) is 5.16. The van der Waals surface area contributed by atoms with Crippen molar-refractivity contribution in [2.75, 3.05) is 0 Å². The predicted octanol–water partition coefficient (Wildman–Crippen LogP) is 3.61. The summed E-state index contributed by atoms with van der Waals surface area (Å²) < 4.78 is 10.7. The zero-order chi connectivity index (χ0) is 22.0. The van der Waals surface area contributed by atoms with Crippen LogP contribution in [-0.2, 0) is 4.74 Å². The highest BCUT2D eigenvalue weighted by Crippen LogP contribution is 2.40. The minimum atomic E-state index is -0.777. The Morgan fingerprint density at radius 2 is 2.19 bits per heavy atom.